The van der Waals surface area contributed by atoms with E-state index in [2.05, 4.69) is 46.0 Å². The highest BCUT2D eigenvalue weighted by atomic mass is 32.2. The topological polar surface area (TPSA) is 299 Å². The van der Waals surface area contributed by atoms with Crippen molar-refractivity contribution < 1.29 is 30.7 Å². The molecular formula is C24H25N13O7S2. The number of carbonyl (C=O) groups is 1. The highest BCUT2D eigenvalue weighted by molar-refractivity contribution is 7.86. The van der Waals surface area contributed by atoms with Gasteiger partial charge in [-0.15, -0.1) is 5.11 Å². The number of aryl methyl sites for hydroxylation is 1. The van der Waals surface area contributed by atoms with Crippen molar-refractivity contribution in [1.29, 1.82) is 0 Å². The van der Waals surface area contributed by atoms with Gasteiger partial charge in [0.2, 0.25) is 17.8 Å². The molecule has 0 spiro atoms. The molecule has 0 saturated carbocycles. The second-order valence-electron chi connectivity index (χ2n) is 9.66. The summed E-state index contributed by atoms with van der Waals surface area (Å²) in [6.45, 7) is 1.61. The van der Waals surface area contributed by atoms with Gasteiger partial charge in [-0.1, -0.05) is 0 Å². The van der Waals surface area contributed by atoms with Gasteiger partial charge >= 0.3 is 0 Å². The molecule has 2 aromatic carbocycles. The van der Waals surface area contributed by atoms with Crippen molar-refractivity contribution in [1.82, 2.24) is 29.7 Å². The number of hydrogen-bond acceptors (Lipinski definition) is 16. The van der Waals surface area contributed by atoms with E-state index in [1.165, 1.54) is 35.5 Å². The Morgan fingerprint density at radius 3 is 1.85 bits per heavy atom. The van der Waals surface area contributed by atoms with Crippen LogP contribution in [0.25, 0.3) is 5.95 Å². The van der Waals surface area contributed by atoms with Crippen LogP contribution in [0.2, 0.25) is 0 Å². The highest BCUT2D eigenvalue weighted by Crippen LogP contribution is 2.31. The molecule has 1 aliphatic heterocycles. The maximum absolute atomic E-state index is 11.8. The molecule has 3 heterocycles. The number of nitrogens with zero attached hydrogens (tertiary/aromatic N) is 9. The number of nitrogens with two attached hydrogens (primary N) is 2. The predicted molar refractivity (Wildman–Crippen MR) is 162 cm³/mol. The van der Waals surface area contributed by atoms with Crippen molar-refractivity contribution in [2.45, 2.75) is 22.9 Å². The summed E-state index contributed by atoms with van der Waals surface area (Å²) < 4.78 is 65.4. The summed E-state index contributed by atoms with van der Waals surface area (Å²) in [4.78, 5) is 24.2. The van der Waals surface area contributed by atoms with E-state index in [1.807, 2.05) is 0 Å². The van der Waals surface area contributed by atoms with Crippen LogP contribution >= 0.6 is 0 Å². The van der Waals surface area contributed by atoms with Gasteiger partial charge in [-0.3, -0.25) is 18.9 Å². The number of aromatic nitrogens is 5. The summed E-state index contributed by atoms with van der Waals surface area (Å²) in [6, 6.07) is 10.1. The molecule has 0 aliphatic carbocycles. The van der Waals surface area contributed by atoms with Gasteiger partial charge in [0.05, 0.1) is 15.5 Å². The lowest BCUT2D eigenvalue weighted by atomic mass is 10.1. The number of nitrogens with one attached hydrogen (secondary N) is 2. The molecule has 2 unspecified atom stereocenters. The van der Waals surface area contributed by atoms with E-state index in [0.29, 0.717) is 17.1 Å². The Bertz CT molecular complexity index is 1990. The van der Waals surface area contributed by atoms with Crippen molar-refractivity contribution in [3.05, 3.63) is 54.2 Å². The summed E-state index contributed by atoms with van der Waals surface area (Å²) in [6.07, 6.45) is 0.564. The van der Waals surface area contributed by atoms with E-state index in [1.54, 1.807) is 14.0 Å². The SMILES string of the molecule is Cc1nn(-c2nc(Nc3ccc(S(=O)(=O)O)cc3)nc(Nc3ccc(S(=O)(=O)O)cc3)n2)c(N)c1/N=N/C1C(C(N)=O)C=NN1C. The molecule has 1 amide bonds. The third kappa shape index (κ3) is 6.88. The summed E-state index contributed by atoms with van der Waals surface area (Å²) in [5, 5.41) is 24.0. The summed E-state index contributed by atoms with van der Waals surface area (Å²) in [5.41, 5.74) is 13.0. The van der Waals surface area contributed by atoms with Crippen molar-refractivity contribution in [2.24, 2.45) is 27.0 Å². The number of nitrogen functional groups attached to an aromatic ring is 1. The third-order valence-electron chi connectivity index (χ3n) is 6.41. The highest BCUT2D eigenvalue weighted by Gasteiger charge is 2.33. The minimum absolute atomic E-state index is 0.0310. The molecule has 1 aliphatic rings. The van der Waals surface area contributed by atoms with Gasteiger partial charge in [-0.25, -0.2) is 0 Å². The zero-order chi connectivity index (χ0) is 33.4. The van der Waals surface area contributed by atoms with Gasteiger partial charge in [-0.05, 0) is 55.5 Å². The Hall–Kier alpha value is -5.58. The van der Waals surface area contributed by atoms with Crippen LogP contribution in [0.15, 0.2) is 73.7 Å². The maximum atomic E-state index is 11.8. The Morgan fingerprint density at radius 1 is 0.891 bits per heavy atom. The normalized spacial score (nSPS) is 16.7. The molecule has 5 rings (SSSR count). The van der Waals surface area contributed by atoms with Crippen LogP contribution in [0.5, 0.6) is 0 Å². The van der Waals surface area contributed by atoms with Crippen LogP contribution in [0, 0.1) is 12.8 Å². The second kappa shape index (κ2) is 12.1. The van der Waals surface area contributed by atoms with Crippen molar-refractivity contribution in [3.8, 4) is 5.95 Å². The first-order valence-electron chi connectivity index (χ1n) is 12.9. The van der Waals surface area contributed by atoms with E-state index in [4.69, 9.17) is 11.5 Å². The zero-order valence-electron chi connectivity index (χ0n) is 23.8. The van der Waals surface area contributed by atoms with Crippen LogP contribution in [0.4, 0.5) is 34.8 Å². The lowest BCUT2D eigenvalue weighted by Gasteiger charge is -2.16. The number of hydrogen-bond donors (Lipinski definition) is 6. The van der Waals surface area contributed by atoms with Crippen LogP contribution in [-0.4, -0.2) is 81.0 Å². The fraction of sp³-hybridized carbons (Fsp3) is 0.167. The zero-order valence-corrected chi connectivity index (χ0v) is 25.4. The van der Waals surface area contributed by atoms with E-state index in [-0.39, 0.29) is 39.1 Å². The largest absolute Gasteiger partial charge is 0.382 e. The fourth-order valence-corrected chi connectivity index (χ4v) is 5.06. The molecule has 8 N–H and O–H groups in total. The molecule has 22 heteroatoms. The molecule has 2 aromatic heterocycles. The molecular weight excluding hydrogens is 646 g/mol. The maximum Gasteiger partial charge on any atom is 0.294 e. The number of primary amides is 1. The first-order valence-corrected chi connectivity index (χ1v) is 15.8. The Morgan fingerprint density at radius 2 is 1.39 bits per heavy atom. The molecule has 0 fully saturated rings. The first kappa shape index (κ1) is 31.8. The Kier molecular flexibility index (Phi) is 8.36. The van der Waals surface area contributed by atoms with E-state index in [0.717, 1.165) is 28.9 Å². The van der Waals surface area contributed by atoms with Crippen LogP contribution in [0.1, 0.15) is 5.69 Å². The number of amides is 1. The molecule has 2 atom stereocenters. The summed E-state index contributed by atoms with van der Waals surface area (Å²) in [7, 11) is -7.25. The number of azo groups is 1. The molecule has 0 bridgehead atoms. The summed E-state index contributed by atoms with van der Waals surface area (Å²) in [5.74, 6) is -1.71. The molecule has 240 valence electrons. The Balaban J connectivity index is 1.52. The van der Waals surface area contributed by atoms with E-state index >= 15 is 0 Å². The van der Waals surface area contributed by atoms with Gasteiger partial charge < -0.3 is 22.1 Å². The van der Waals surface area contributed by atoms with Gasteiger partial charge in [0.25, 0.3) is 26.2 Å². The second-order valence-corrected chi connectivity index (χ2v) is 12.5. The predicted octanol–water partition coefficient (Wildman–Crippen LogP) is 1.37. The lowest BCUT2D eigenvalue weighted by Crippen LogP contribution is -2.36. The van der Waals surface area contributed by atoms with E-state index < -0.39 is 38.2 Å². The summed E-state index contributed by atoms with van der Waals surface area (Å²) >= 11 is 0. The Labute approximate surface area is 260 Å². The minimum Gasteiger partial charge on any atom is -0.382 e. The van der Waals surface area contributed by atoms with Gasteiger partial charge in [0, 0.05) is 24.6 Å². The van der Waals surface area contributed by atoms with Crippen LogP contribution in [0.3, 0.4) is 0 Å². The number of benzene rings is 2. The number of carbonyl (C=O) groups excluding carboxylic acids is 1. The van der Waals surface area contributed by atoms with Crippen LogP contribution < -0.4 is 22.1 Å². The van der Waals surface area contributed by atoms with Crippen molar-refractivity contribution >= 4 is 67.1 Å². The molecule has 0 radical (unpaired) electrons. The molecule has 20 nitrogen and oxygen atoms in total. The molecule has 4 aromatic rings. The molecule has 46 heavy (non-hydrogen) atoms. The quantitative estimate of drug-likeness (QED) is 0.102. The monoisotopic (exact) mass is 671 g/mol. The standard InChI is InChI=1S/C24H25N13O7S2/c1-12-18(33-34-21-17(20(26)38)11-27-36(21)2)19(25)37(35-12)24-31-22(28-13-3-7-15(8-4-13)45(39,40)41)30-23(32-24)29-14-5-9-16(10-6-14)46(42,43)44/h3-11,17,21H,25H2,1-2H3,(H2,26,38)(H,39,40,41)(H,42,43,44)(H2,28,29,30,31,32)/b34-33+. The number of hydrazone groups is 1. The van der Waals surface area contributed by atoms with Gasteiger partial charge in [0.15, 0.2) is 17.7 Å². The lowest BCUT2D eigenvalue weighted by molar-refractivity contribution is -0.120. The molecule has 0 saturated heterocycles. The van der Waals surface area contributed by atoms with Gasteiger partial charge in [-0.2, -0.15) is 51.8 Å². The van der Waals surface area contributed by atoms with E-state index in [9.17, 15) is 30.7 Å². The van der Waals surface area contributed by atoms with Crippen molar-refractivity contribution in [2.75, 3.05) is 23.4 Å². The average molecular weight is 672 g/mol. The van der Waals surface area contributed by atoms with Crippen LogP contribution in [-0.2, 0) is 25.0 Å². The van der Waals surface area contributed by atoms with Crippen molar-refractivity contribution in [3.63, 3.8) is 0 Å². The smallest absolute Gasteiger partial charge is 0.294 e. The average Bonchev–Trinajstić information content (AvgIpc) is 3.49. The fourth-order valence-electron chi connectivity index (χ4n) is 4.10. The minimum atomic E-state index is -4.42. The number of rotatable bonds is 10. The first-order chi connectivity index (χ1) is 21.6. The third-order valence-corrected chi connectivity index (χ3v) is 8.15. The number of anilines is 5. The van der Waals surface area contributed by atoms with Gasteiger partial charge in [0.1, 0.15) is 5.92 Å².